The van der Waals surface area contributed by atoms with Gasteiger partial charge in [-0.3, -0.25) is 9.48 Å². The van der Waals surface area contributed by atoms with Crippen LogP contribution in [0.1, 0.15) is 47.9 Å². The summed E-state index contributed by atoms with van der Waals surface area (Å²) in [7, 11) is 1.79. The van der Waals surface area contributed by atoms with Crippen molar-refractivity contribution in [3.05, 3.63) is 52.8 Å². The highest BCUT2D eigenvalue weighted by atomic mass is 35.5. The first kappa shape index (κ1) is 19.8. The van der Waals surface area contributed by atoms with Crippen LogP contribution in [0.3, 0.4) is 0 Å². The average molecular weight is 383 g/mol. The minimum atomic E-state index is -0.118. The van der Waals surface area contributed by atoms with Gasteiger partial charge in [0.15, 0.2) is 0 Å². The summed E-state index contributed by atoms with van der Waals surface area (Å²) in [6, 6.07) is 9.62. The number of carbonyl (C=O) groups is 1. The number of hydrogen-bond acceptors (Lipinski definition) is 3. The molecule has 1 amide bonds. The smallest absolute Gasteiger partial charge is 0.274 e. The maximum Gasteiger partial charge on any atom is 0.274 e. The Hall–Kier alpha value is -1.56. The van der Waals surface area contributed by atoms with Crippen LogP contribution in [-0.4, -0.2) is 40.7 Å². The molecule has 2 atom stereocenters. The molecule has 1 fully saturated rings. The molecule has 1 aromatic carbocycles. The first-order valence-electron chi connectivity index (χ1n) is 8.35. The van der Waals surface area contributed by atoms with Crippen molar-refractivity contribution in [2.75, 3.05) is 20.1 Å². The number of halogens is 2. The Morgan fingerprint density at radius 2 is 2.16 bits per heavy atom. The van der Waals surface area contributed by atoms with Gasteiger partial charge >= 0.3 is 0 Å². The van der Waals surface area contributed by atoms with Gasteiger partial charge in [0.2, 0.25) is 0 Å². The number of amides is 1. The van der Waals surface area contributed by atoms with E-state index in [4.69, 9.17) is 11.6 Å². The van der Waals surface area contributed by atoms with E-state index in [-0.39, 0.29) is 24.4 Å². The zero-order valence-corrected chi connectivity index (χ0v) is 16.1. The average Bonchev–Trinajstić information content (AvgIpc) is 3.11. The second-order valence-electron chi connectivity index (χ2n) is 6.29. The fraction of sp³-hybridized carbons (Fsp3) is 0.444. The van der Waals surface area contributed by atoms with Crippen molar-refractivity contribution in [3.63, 3.8) is 0 Å². The molecule has 0 radical (unpaired) electrons. The van der Waals surface area contributed by atoms with Crippen molar-refractivity contribution in [2.24, 2.45) is 0 Å². The van der Waals surface area contributed by atoms with E-state index in [0.29, 0.717) is 16.8 Å². The van der Waals surface area contributed by atoms with Gasteiger partial charge < -0.3 is 10.2 Å². The number of aromatic nitrogens is 2. The van der Waals surface area contributed by atoms with E-state index in [2.05, 4.69) is 10.4 Å². The number of nitrogens with one attached hydrogen (secondary N) is 1. The normalized spacial score (nSPS) is 18.3. The predicted octanol–water partition coefficient (Wildman–Crippen LogP) is 3.72. The van der Waals surface area contributed by atoms with E-state index in [9.17, 15) is 4.79 Å². The molecule has 25 heavy (non-hydrogen) atoms. The fourth-order valence-electron chi connectivity index (χ4n) is 3.09. The van der Waals surface area contributed by atoms with Crippen molar-refractivity contribution in [3.8, 4) is 0 Å². The lowest BCUT2D eigenvalue weighted by molar-refractivity contribution is 0.0735. The zero-order valence-electron chi connectivity index (χ0n) is 14.5. The molecule has 0 spiro atoms. The molecule has 1 N–H and O–H groups in total. The number of nitrogens with zero attached hydrogens (tertiary/aromatic N) is 3. The number of rotatable bonds is 4. The third-order valence-electron chi connectivity index (χ3n) is 4.73. The molecule has 1 aromatic heterocycles. The topological polar surface area (TPSA) is 50.2 Å². The second kappa shape index (κ2) is 8.70. The van der Waals surface area contributed by atoms with Gasteiger partial charge in [0.1, 0.15) is 5.69 Å². The Morgan fingerprint density at radius 1 is 1.40 bits per heavy atom. The molecule has 7 heteroatoms. The maximum absolute atomic E-state index is 12.8. The van der Waals surface area contributed by atoms with Crippen molar-refractivity contribution in [1.29, 1.82) is 0 Å². The van der Waals surface area contributed by atoms with Crippen LogP contribution in [0.4, 0.5) is 0 Å². The molecule has 3 rings (SSSR count). The molecule has 5 nitrogen and oxygen atoms in total. The third kappa shape index (κ3) is 4.35. The molecule has 2 aromatic rings. The molecule has 0 bridgehead atoms. The Bertz CT molecular complexity index is 713. The highest BCUT2D eigenvalue weighted by Crippen LogP contribution is 2.27. The standard InChI is InChI=1S/C18H23ClN4O.ClH/c1-13(15-7-3-4-8-16(15)19)22(2)18(24)17-9-11-23(21-17)14-6-5-10-20-12-14;/h3-4,7-9,11,13-14,20H,5-6,10,12H2,1-2H3;1H. The van der Waals surface area contributed by atoms with Gasteiger partial charge in [-0.15, -0.1) is 12.4 Å². The number of benzene rings is 1. The predicted molar refractivity (Wildman–Crippen MR) is 103 cm³/mol. The van der Waals surface area contributed by atoms with E-state index in [0.717, 1.165) is 31.5 Å². The Labute approximate surface area is 159 Å². The first-order chi connectivity index (χ1) is 11.6. The highest BCUT2D eigenvalue weighted by Gasteiger charge is 2.23. The van der Waals surface area contributed by atoms with Crippen LogP contribution in [0.5, 0.6) is 0 Å². The SMILES string of the molecule is CC(c1ccccc1Cl)N(C)C(=O)c1ccn(C2CCCNC2)n1.Cl. The van der Waals surface area contributed by atoms with Crippen LogP contribution in [-0.2, 0) is 0 Å². The lowest BCUT2D eigenvalue weighted by Gasteiger charge is -2.25. The van der Waals surface area contributed by atoms with Crippen molar-refractivity contribution in [1.82, 2.24) is 20.0 Å². The van der Waals surface area contributed by atoms with Crippen molar-refractivity contribution in [2.45, 2.75) is 31.8 Å². The van der Waals surface area contributed by atoms with Gasteiger partial charge in [0.25, 0.3) is 5.91 Å². The quantitative estimate of drug-likeness (QED) is 0.876. The number of hydrogen-bond donors (Lipinski definition) is 1. The molecule has 1 aliphatic rings. The third-order valence-corrected chi connectivity index (χ3v) is 5.07. The zero-order chi connectivity index (χ0) is 17.1. The Morgan fingerprint density at radius 3 is 2.84 bits per heavy atom. The Balaban J connectivity index is 0.00000225. The van der Waals surface area contributed by atoms with Gasteiger partial charge in [-0.25, -0.2) is 0 Å². The van der Waals surface area contributed by atoms with Gasteiger partial charge in [0.05, 0.1) is 12.1 Å². The number of piperidine rings is 1. The number of carbonyl (C=O) groups excluding carboxylic acids is 1. The Kier molecular flexibility index (Phi) is 6.87. The monoisotopic (exact) mass is 382 g/mol. The largest absolute Gasteiger partial charge is 0.333 e. The van der Waals surface area contributed by atoms with Gasteiger partial charge in [-0.05, 0) is 44.0 Å². The van der Waals surface area contributed by atoms with Crippen LogP contribution in [0, 0.1) is 0 Å². The van der Waals surface area contributed by atoms with Gasteiger partial charge in [-0.1, -0.05) is 29.8 Å². The second-order valence-corrected chi connectivity index (χ2v) is 6.70. The maximum atomic E-state index is 12.8. The summed E-state index contributed by atoms with van der Waals surface area (Å²) in [5, 5.41) is 8.55. The summed E-state index contributed by atoms with van der Waals surface area (Å²) in [6.07, 6.45) is 4.13. The van der Waals surface area contributed by atoms with E-state index in [1.54, 1.807) is 18.0 Å². The molecular formula is C18H24Cl2N4O. The highest BCUT2D eigenvalue weighted by molar-refractivity contribution is 6.31. The van der Waals surface area contributed by atoms with Crippen molar-refractivity contribution >= 4 is 29.9 Å². The molecular weight excluding hydrogens is 359 g/mol. The fourth-order valence-corrected chi connectivity index (χ4v) is 3.39. The summed E-state index contributed by atoms with van der Waals surface area (Å²) >= 11 is 6.25. The molecule has 0 saturated carbocycles. The molecule has 2 heterocycles. The van der Waals surface area contributed by atoms with E-state index >= 15 is 0 Å². The van der Waals surface area contributed by atoms with Gasteiger partial charge in [-0.2, -0.15) is 5.10 Å². The molecule has 1 saturated heterocycles. The minimum Gasteiger partial charge on any atom is -0.333 e. The van der Waals surface area contributed by atoms with Crippen molar-refractivity contribution < 1.29 is 4.79 Å². The molecule has 1 aliphatic heterocycles. The van der Waals surface area contributed by atoms with E-state index in [1.165, 1.54) is 0 Å². The summed E-state index contributed by atoms with van der Waals surface area (Å²) in [5.41, 5.74) is 1.41. The van der Waals surface area contributed by atoms with Crippen LogP contribution in [0.15, 0.2) is 36.5 Å². The summed E-state index contributed by atoms with van der Waals surface area (Å²) in [5.74, 6) is -0.0926. The summed E-state index contributed by atoms with van der Waals surface area (Å²) < 4.78 is 1.91. The first-order valence-corrected chi connectivity index (χ1v) is 8.73. The molecule has 0 aliphatic carbocycles. The van der Waals surface area contributed by atoms with Crippen LogP contribution in [0.2, 0.25) is 5.02 Å². The van der Waals surface area contributed by atoms with Gasteiger partial charge in [0, 0.05) is 24.8 Å². The van der Waals surface area contributed by atoms with Crippen LogP contribution < -0.4 is 5.32 Å². The van der Waals surface area contributed by atoms with Crippen LogP contribution in [0.25, 0.3) is 0 Å². The summed E-state index contributed by atoms with van der Waals surface area (Å²) in [6.45, 7) is 3.93. The van der Waals surface area contributed by atoms with E-state index in [1.807, 2.05) is 42.1 Å². The lowest BCUT2D eigenvalue weighted by atomic mass is 10.1. The van der Waals surface area contributed by atoms with E-state index < -0.39 is 0 Å². The minimum absolute atomic E-state index is 0. The summed E-state index contributed by atoms with van der Waals surface area (Å²) in [4.78, 5) is 14.4. The van der Waals surface area contributed by atoms with Crippen LogP contribution >= 0.6 is 24.0 Å². The molecule has 136 valence electrons. The lowest BCUT2D eigenvalue weighted by Crippen LogP contribution is -2.33. The molecule has 2 unspecified atom stereocenters.